The van der Waals surface area contributed by atoms with E-state index >= 15 is 0 Å². The van der Waals surface area contributed by atoms with Gasteiger partial charge in [0, 0.05) is 13.1 Å². The first-order valence-corrected chi connectivity index (χ1v) is 5.47. The van der Waals surface area contributed by atoms with Gasteiger partial charge in [0.15, 0.2) is 6.67 Å². The standard InChI is InChI=1S/C11H18FNO/c1-7-3-9-5-13(11(14)4-12)6-10(9)8(7)2/h7-10H,3-6H2,1-2H3/t7-,8+,9-,10-/m1/s1. The number of carbonyl (C=O) groups is 1. The molecule has 0 aromatic heterocycles. The lowest BCUT2D eigenvalue weighted by atomic mass is 9.91. The van der Waals surface area contributed by atoms with Crippen LogP contribution >= 0.6 is 0 Å². The van der Waals surface area contributed by atoms with Crippen molar-refractivity contribution in [2.45, 2.75) is 20.3 Å². The zero-order valence-electron chi connectivity index (χ0n) is 8.87. The molecule has 0 aromatic rings. The molecule has 80 valence electrons. The number of amides is 1. The van der Waals surface area contributed by atoms with Gasteiger partial charge in [0.25, 0.3) is 5.91 Å². The van der Waals surface area contributed by atoms with Crippen LogP contribution in [0.5, 0.6) is 0 Å². The first-order valence-electron chi connectivity index (χ1n) is 5.47. The molecule has 2 nitrogen and oxygen atoms in total. The van der Waals surface area contributed by atoms with E-state index in [1.165, 1.54) is 6.42 Å². The van der Waals surface area contributed by atoms with Crippen molar-refractivity contribution < 1.29 is 9.18 Å². The Hall–Kier alpha value is -0.600. The van der Waals surface area contributed by atoms with Crippen molar-refractivity contribution >= 4 is 5.91 Å². The Morgan fingerprint density at radius 3 is 2.71 bits per heavy atom. The summed E-state index contributed by atoms with van der Waals surface area (Å²) in [4.78, 5) is 12.9. The zero-order chi connectivity index (χ0) is 10.3. The molecule has 3 heteroatoms. The Balaban J connectivity index is 2.00. The van der Waals surface area contributed by atoms with E-state index in [4.69, 9.17) is 0 Å². The zero-order valence-corrected chi connectivity index (χ0v) is 8.87. The van der Waals surface area contributed by atoms with Gasteiger partial charge in [-0.3, -0.25) is 4.79 Å². The summed E-state index contributed by atoms with van der Waals surface area (Å²) in [6.07, 6.45) is 1.21. The molecule has 1 amide bonds. The molecular formula is C11H18FNO. The van der Waals surface area contributed by atoms with Crippen molar-refractivity contribution in [3.63, 3.8) is 0 Å². The van der Waals surface area contributed by atoms with E-state index in [1.54, 1.807) is 4.90 Å². The Morgan fingerprint density at radius 1 is 1.43 bits per heavy atom. The molecule has 0 radical (unpaired) electrons. The number of halogens is 1. The van der Waals surface area contributed by atoms with Gasteiger partial charge in [-0.2, -0.15) is 0 Å². The molecule has 0 unspecified atom stereocenters. The van der Waals surface area contributed by atoms with Crippen LogP contribution in [0.2, 0.25) is 0 Å². The van der Waals surface area contributed by atoms with Crippen LogP contribution < -0.4 is 0 Å². The Labute approximate surface area is 84.5 Å². The summed E-state index contributed by atoms with van der Waals surface area (Å²) < 4.78 is 12.2. The third-order valence-corrected chi connectivity index (χ3v) is 4.21. The number of rotatable bonds is 1. The quantitative estimate of drug-likeness (QED) is 0.629. The summed E-state index contributed by atoms with van der Waals surface area (Å²) in [5, 5.41) is 0. The topological polar surface area (TPSA) is 20.3 Å². The van der Waals surface area contributed by atoms with Crippen LogP contribution in [0.15, 0.2) is 0 Å². The Morgan fingerprint density at radius 2 is 2.14 bits per heavy atom. The van der Waals surface area contributed by atoms with Crippen LogP contribution in [-0.2, 0) is 4.79 Å². The van der Waals surface area contributed by atoms with Gasteiger partial charge < -0.3 is 4.90 Å². The lowest BCUT2D eigenvalue weighted by Gasteiger charge is -2.19. The maximum Gasteiger partial charge on any atom is 0.253 e. The largest absolute Gasteiger partial charge is 0.340 e. The molecule has 4 atom stereocenters. The lowest BCUT2D eigenvalue weighted by Crippen LogP contribution is -2.31. The first-order chi connectivity index (χ1) is 6.63. The normalized spacial score (nSPS) is 41.5. The van der Waals surface area contributed by atoms with Crippen LogP contribution in [0.3, 0.4) is 0 Å². The summed E-state index contributed by atoms with van der Waals surface area (Å²) in [5.41, 5.74) is 0. The second-order valence-electron chi connectivity index (χ2n) is 4.93. The van der Waals surface area contributed by atoms with E-state index in [2.05, 4.69) is 13.8 Å². The number of likely N-dealkylation sites (tertiary alicyclic amines) is 1. The van der Waals surface area contributed by atoms with Gasteiger partial charge in [-0.1, -0.05) is 13.8 Å². The minimum absolute atomic E-state index is 0.320. The molecule has 1 aliphatic heterocycles. The molecule has 1 aliphatic carbocycles. The summed E-state index contributed by atoms with van der Waals surface area (Å²) in [6, 6.07) is 0. The smallest absolute Gasteiger partial charge is 0.253 e. The first kappa shape index (κ1) is 9.94. The van der Waals surface area contributed by atoms with Crippen LogP contribution in [0, 0.1) is 23.7 Å². The molecule has 0 aromatic carbocycles. The second-order valence-corrected chi connectivity index (χ2v) is 4.93. The summed E-state index contributed by atoms with van der Waals surface area (Å²) in [6.45, 7) is 5.30. The average Bonchev–Trinajstić information content (AvgIpc) is 2.68. The highest BCUT2D eigenvalue weighted by atomic mass is 19.1. The van der Waals surface area contributed by atoms with Crippen molar-refractivity contribution in [2.24, 2.45) is 23.7 Å². The van der Waals surface area contributed by atoms with Gasteiger partial charge in [0.1, 0.15) is 0 Å². The number of alkyl halides is 1. The second kappa shape index (κ2) is 3.52. The number of hydrogen-bond donors (Lipinski definition) is 0. The van der Waals surface area contributed by atoms with Crippen LogP contribution in [0.25, 0.3) is 0 Å². The van der Waals surface area contributed by atoms with Crippen molar-refractivity contribution in [3.05, 3.63) is 0 Å². The van der Waals surface area contributed by atoms with Crippen molar-refractivity contribution in [3.8, 4) is 0 Å². The molecule has 0 bridgehead atoms. The minimum Gasteiger partial charge on any atom is -0.340 e. The molecule has 2 rings (SSSR count). The highest BCUT2D eigenvalue weighted by Crippen LogP contribution is 2.45. The number of fused-ring (bicyclic) bond motifs is 1. The molecule has 1 saturated carbocycles. The predicted octanol–water partition coefficient (Wildman–Crippen LogP) is 1.71. The van der Waals surface area contributed by atoms with E-state index in [0.717, 1.165) is 19.0 Å². The van der Waals surface area contributed by atoms with Crippen molar-refractivity contribution in [1.29, 1.82) is 0 Å². The van der Waals surface area contributed by atoms with Gasteiger partial charge in [-0.25, -0.2) is 4.39 Å². The minimum atomic E-state index is -0.830. The van der Waals surface area contributed by atoms with Crippen LogP contribution in [-0.4, -0.2) is 30.6 Å². The highest BCUT2D eigenvalue weighted by molar-refractivity contribution is 5.77. The maximum absolute atomic E-state index is 12.2. The van der Waals surface area contributed by atoms with Crippen molar-refractivity contribution in [1.82, 2.24) is 4.90 Å². The molecular weight excluding hydrogens is 181 g/mol. The highest BCUT2D eigenvalue weighted by Gasteiger charge is 2.45. The predicted molar refractivity (Wildman–Crippen MR) is 52.5 cm³/mol. The number of hydrogen-bond acceptors (Lipinski definition) is 1. The molecule has 14 heavy (non-hydrogen) atoms. The summed E-state index contributed by atoms with van der Waals surface area (Å²) >= 11 is 0. The molecule has 0 spiro atoms. The van der Waals surface area contributed by atoms with Gasteiger partial charge in [0.2, 0.25) is 0 Å². The third-order valence-electron chi connectivity index (χ3n) is 4.21. The lowest BCUT2D eigenvalue weighted by molar-refractivity contribution is -0.131. The fourth-order valence-electron chi connectivity index (χ4n) is 3.14. The molecule has 1 heterocycles. The van der Waals surface area contributed by atoms with Crippen molar-refractivity contribution in [2.75, 3.05) is 19.8 Å². The van der Waals surface area contributed by atoms with Gasteiger partial charge in [0.05, 0.1) is 0 Å². The van der Waals surface area contributed by atoms with E-state index in [-0.39, 0.29) is 5.91 Å². The molecule has 2 fully saturated rings. The average molecular weight is 199 g/mol. The monoisotopic (exact) mass is 199 g/mol. The Bertz CT molecular complexity index is 243. The fourth-order valence-corrected chi connectivity index (χ4v) is 3.14. The van der Waals surface area contributed by atoms with E-state index < -0.39 is 6.67 Å². The summed E-state index contributed by atoms with van der Waals surface area (Å²) in [5.74, 6) is 2.40. The van der Waals surface area contributed by atoms with E-state index in [0.29, 0.717) is 17.8 Å². The van der Waals surface area contributed by atoms with E-state index in [1.807, 2.05) is 0 Å². The van der Waals surface area contributed by atoms with Gasteiger partial charge in [-0.15, -0.1) is 0 Å². The van der Waals surface area contributed by atoms with Gasteiger partial charge >= 0.3 is 0 Å². The number of carbonyl (C=O) groups excluding carboxylic acids is 1. The molecule has 0 N–H and O–H groups in total. The maximum atomic E-state index is 12.2. The van der Waals surface area contributed by atoms with Crippen LogP contribution in [0.1, 0.15) is 20.3 Å². The van der Waals surface area contributed by atoms with Crippen LogP contribution in [0.4, 0.5) is 4.39 Å². The molecule has 2 aliphatic rings. The number of nitrogens with zero attached hydrogens (tertiary/aromatic N) is 1. The molecule has 1 saturated heterocycles. The summed E-state index contributed by atoms with van der Waals surface area (Å²) in [7, 11) is 0. The third kappa shape index (κ3) is 1.43. The van der Waals surface area contributed by atoms with Gasteiger partial charge in [-0.05, 0) is 30.1 Å². The SMILES string of the molecule is C[C@@H]1[C@H]2CN(C(=O)CF)C[C@H]2C[C@H]1C. The fraction of sp³-hybridized carbons (Fsp3) is 0.909. The Kier molecular flexibility index (Phi) is 2.50. The van der Waals surface area contributed by atoms with E-state index in [9.17, 15) is 9.18 Å².